The maximum absolute atomic E-state index is 11.4. The predicted molar refractivity (Wildman–Crippen MR) is 59.4 cm³/mol. The van der Waals surface area contributed by atoms with Crippen molar-refractivity contribution in [3.8, 4) is 0 Å². The molecule has 0 rings (SSSR count). The standard InChI is InChI=1S/C10H21N3O2/c1-5-6-12-10(15)8(3)13-7(2)9(14)11-4/h7-8,13H,5-6H2,1-4H3,(H,11,14)(H,12,15). The van der Waals surface area contributed by atoms with E-state index in [-0.39, 0.29) is 23.9 Å². The first-order valence-electron chi connectivity index (χ1n) is 5.28. The number of carbonyl (C=O) groups is 2. The van der Waals surface area contributed by atoms with E-state index < -0.39 is 0 Å². The summed E-state index contributed by atoms with van der Waals surface area (Å²) < 4.78 is 0. The second kappa shape index (κ2) is 7.23. The molecule has 2 atom stereocenters. The second-order valence-electron chi connectivity index (χ2n) is 3.52. The van der Waals surface area contributed by atoms with E-state index in [9.17, 15) is 9.59 Å². The fourth-order valence-electron chi connectivity index (χ4n) is 1.14. The molecule has 0 saturated carbocycles. The summed E-state index contributed by atoms with van der Waals surface area (Å²) in [5, 5.41) is 8.20. The van der Waals surface area contributed by atoms with Crippen LogP contribution in [0.4, 0.5) is 0 Å². The number of carbonyl (C=O) groups excluding carboxylic acids is 2. The molecule has 88 valence electrons. The third-order valence-corrected chi connectivity index (χ3v) is 2.08. The van der Waals surface area contributed by atoms with Crippen LogP contribution in [0.25, 0.3) is 0 Å². The maximum atomic E-state index is 11.4. The molecule has 0 heterocycles. The molecule has 2 amide bonds. The lowest BCUT2D eigenvalue weighted by atomic mass is 10.2. The Balaban J connectivity index is 3.95. The Morgan fingerprint density at radius 1 is 1.13 bits per heavy atom. The smallest absolute Gasteiger partial charge is 0.236 e. The largest absolute Gasteiger partial charge is 0.358 e. The highest BCUT2D eigenvalue weighted by Crippen LogP contribution is 1.88. The summed E-state index contributed by atoms with van der Waals surface area (Å²) in [6, 6.07) is -0.721. The van der Waals surface area contributed by atoms with E-state index in [1.807, 2.05) is 6.92 Å². The predicted octanol–water partition coefficient (Wildman–Crippen LogP) is -0.375. The van der Waals surface area contributed by atoms with Gasteiger partial charge in [0, 0.05) is 13.6 Å². The first-order valence-corrected chi connectivity index (χ1v) is 5.28. The highest BCUT2D eigenvalue weighted by atomic mass is 16.2. The molecule has 0 fully saturated rings. The quantitative estimate of drug-likeness (QED) is 0.566. The van der Waals surface area contributed by atoms with Gasteiger partial charge in [0.25, 0.3) is 0 Å². The molecule has 0 aliphatic carbocycles. The normalized spacial score (nSPS) is 14.1. The lowest BCUT2D eigenvalue weighted by Crippen LogP contribution is -2.50. The summed E-state index contributed by atoms with van der Waals surface area (Å²) in [4.78, 5) is 22.6. The zero-order chi connectivity index (χ0) is 11.8. The van der Waals surface area contributed by atoms with E-state index in [1.54, 1.807) is 20.9 Å². The lowest BCUT2D eigenvalue weighted by molar-refractivity contribution is -0.124. The molecule has 3 N–H and O–H groups in total. The monoisotopic (exact) mass is 215 g/mol. The van der Waals surface area contributed by atoms with Gasteiger partial charge in [-0.3, -0.25) is 14.9 Å². The zero-order valence-corrected chi connectivity index (χ0v) is 9.89. The number of rotatable bonds is 6. The van der Waals surface area contributed by atoms with Crippen LogP contribution in [0, 0.1) is 0 Å². The third kappa shape index (κ3) is 5.37. The molecule has 0 spiro atoms. The topological polar surface area (TPSA) is 70.2 Å². The number of hydrogen-bond acceptors (Lipinski definition) is 3. The van der Waals surface area contributed by atoms with Crippen molar-refractivity contribution in [2.24, 2.45) is 0 Å². The Morgan fingerprint density at radius 2 is 1.67 bits per heavy atom. The fraction of sp³-hybridized carbons (Fsp3) is 0.800. The van der Waals surface area contributed by atoms with Gasteiger partial charge in [-0.05, 0) is 20.3 Å². The number of hydrogen-bond donors (Lipinski definition) is 3. The molecule has 15 heavy (non-hydrogen) atoms. The number of amides is 2. The van der Waals surface area contributed by atoms with Gasteiger partial charge in [-0.2, -0.15) is 0 Å². The molecule has 5 nitrogen and oxygen atoms in total. The van der Waals surface area contributed by atoms with Gasteiger partial charge in [-0.1, -0.05) is 6.92 Å². The van der Waals surface area contributed by atoms with E-state index in [1.165, 1.54) is 0 Å². The van der Waals surface area contributed by atoms with Gasteiger partial charge < -0.3 is 10.6 Å². The fourth-order valence-corrected chi connectivity index (χ4v) is 1.14. The molecule has 0 aromatic heterocycles. The minimum Gasteiger partial charge on any atom is -0.358 e. The van der Waals surface area contributed by atoms with E-state index in [0.29, 0.717) is 6.54 Å². The van der Waals surface area contributed by atoms with Gasteiger partial charge in [0.05, 0.1) is 12.1 Å². The number of nitrogens with one attached hydrogen (secondary N) is 3. The second-order valence-corrected chi connectivity index (χ2v) is 3.52. The van der Waals surface area contributed by atoms with E-state index in [2.05, 4.69) is 16.0 Å². The SMILES string of the molecule is CCCNC(=O)C(C)NC(C)C(=O)NC. The van der Waals surface area contributed by atoms with E-state index in [0.717, 1.165) is 6.42 Å². The van der Waals surface area contributed by atoms with Crippen LogP contribution in [-0.2, 0) is 9.59 Å². The Bertz CT molecular complexity index is 219. The molecular formula is C10H21N3O2. The van der Waals surface area contributed by atoms with Crippen LogP contribution in [-0.4, -0.2) is 37.5 Å². The maximum Gasteiger partial charge on any atom is 0.236 e. The van der Waals surface area contributed by atoms with Crippen LogP contribution < -0.4 is 16.0 Å². The summed E-state index contributed by atoms with van der Waals surface area (Å²) >= 11 is 0. The summed E-state index contributed by atoms with van der Waals surface area (Å²) in [6.07, 6.45) is 0.906. The molecule has 5 heteroatoms. The van der Waals surface area contributed by atoms with Gasteiger partial charge in [-0.25, -0.2) is 0 Å². The van der Waals surface area contributed by atoms with Gasteiger partial charge in [0.1, 0.15) is 0 Å². The summed E-state index contributed by atoms with van der Waals surface area (Å²) in [5.74, 6) is -0.197. The molecule has 2 unspecified atom stereocenters. The summed E-state index contributed by atoms with van der Waals surface area (Å²) in [7, 11) is 1.57. The van der Waals surface area contributed by atoms with Crippen molar-refractivity contribution in [3.63, 3.8) is 0 Å². The van der Waals surface area contributed by atoms with Gasteiger partial charge in [-0.15, -0.1) is 0 Å². The lowest BCUT2D eigenvalue weighted by Gasteiger charge is -2.18. The minimum atomic E-state index is -0.364. The van der Waals surface area contributed by atoms with Crippen LogP contribution in [0.1, 0.15) is 27.2 Å². The summed E-state index contributed by atoms with van der Waals surface area (Å²) in [6.45, 7) is 6.12. The molecule has 0 aliphatic rings. The van der Waals surface area contributed by atoms with Crippen molar-refractivity contribution in [2.75, 3.05) is 13.6 Å². The van der Waals surface area contributed by atoms with Crippen molar-refractivity contribution in [3.05, 3.63) is 0 Å². The van der Waals surface area contributed by atoms with Crippen LogP contribution >= 0.6 is 0 Å². The Morgan fingerprint density at radius 3 is 2.13 bits per heavy atom. The Hall–Kier alpha value is -1.10. The molecular weight excluding hydrogens is 194 g/mol. The minimum absolute atomic E-state index is 0.0763. The van der Waals surface area contributed by atoms with Crippen LogP contribution in [0.5, 0.6) is 0 Å². The molecule has 0 saturated heterocycles. The zero-order valence-electron chi connectivity index (χ0n) is 9.89. The number of likely N-dealkylation sites (N-methyl/N-ethyl adjacent to an activating group) is 1. The van der Waals surface area contributed by atoms with Gasteiger partial charge in [0.15, 0.2) is 0 Å². The van der Waals surface area contributed by atoms with Crippen molar-refractivity contribution in [1.29, 1.82) is 0 Å². The molecule has 0 aromatic rings. The molecule has 0 bridgehead atoms. The third-order valence-electron chi connectivity index (χ3n) is 2.08. The van der Waals surface area contributed by atoms with Crippen LogP contribution in [0.2, 0.25) is 0 Å². The van der Waals surface area contributed by atoms with Crippen molar-refractivity contribution < 1.29 is 9.59 Å². The van der Waals surface area contributed by atoms with Crippen molar-refractivity contribution >= 4 is 11.8 Å². The van der Waals surface area contributed by atoms with E-state index in [4.69, 9.17) is 0 Å². The highest BCUT2D eigenvalue weighted by molar-refractivity contribution is 5.84. The molecule has 0 aliphatic heterocycles. The Kier molecular flexibility index (Phi) is 6.70. The average molecular weight is 215 g/mol. The molecule has 0 radical (unpaired) electrons. The summed E-state index contributed by atoms with van der Waals surface area (Å²) in [5.41, 5.74) is 0. The first kappa shape index (κ1) is 13.9. The van der Waals surface area contributed by atoms with Crippen molar-refractivity contribution in [1.82, 2.24) is 16.0 Å². The first-order chi connectivity index (χ1) is 7.02. The van der Waals surface area contributed by atoms with E-state index >= 15 is 0 Å². The van der Waals surface area contributed by atoms with Gasteiger partial charge >= 0.3 is 0 Å². The molecule has 0 aromatic carbocycles. The average Bonchev–Trinajstić information content (AvgIpc) is 2.24. The van der Waals surface area contributed by atoms with Crippen LogP contribution in [0.3, 0.4) is 0 Å². The highest BCUT2D eigenvalue weighted by Gasteiger charge is 2.18. The van der Waals surface area contributed by atoms with Gasteiger partial charge in [0.2, 0.25) is 11.8 Å². The van der Waals surface area contributed by atoms with Crippen LogP contribution in [0.15, 0.2) is 0 Å². The van der Waals surface area contributed by atoms with Crippen molar-refractivity contribution in [2.45, 2.75) is 39.3 Å². The Labute approximate surface area is 91.0 Å².